The molecule has 0 aliphatic carbocycles. The maximum atomic E-state index is 12.6. The highest BCUT2D eigenvalue weighted by atomic mass is 16.7. The number of nitrogens with one attached hydrogen (secondary N) is 1. The Morgan fingerprint density at radius 1 is 1.24 bits per heavy atom. The number of aliphatic hydroxyl groups is 1. The molecule has 25 heavy (non-hydrogen) atoms. The van der Waals surface area contributed by atoms with Gasteiger partial charge in [-0.15, -0.1) is 0 Å². The molecule has 2 aromatic rings. The molecule has 2 heterocycles. The van der Waals surface area contributed by atoms with Gasteiger partial charge in [-0.05, 0) is 26.8 Å². The van der Waals surface area contributed by atoms with Crippen molar-refractivity contribution in [2.24, 2.45) is 0 Å². The van der Waals surface area contributed by atoms with E-state index >= 15 is 0 Å². The van der Waals surface area contributed by atoms with Gasteiger partial charge in [0.2, 0.25) is 6.29 Å². The smallest absolute Gasteiger partial charge is 0.261 e. The molecule has 134 valence electrons. The summed E-state index contributed by atoms with van der Waals surface area (Å²) in [7, 11) is 0. The normalized spacial score (nSPS) is 18.3. The lowest BCUT2D eigenvalue weighted by molar-refractivity contribution is -0.628. The van der Waals surface area contributed by atoms with E-state index in [1.54, 1.807) is 12.1 Å². The number of nitrogens with zero attached hydrogens (tertiary/aromatic N) is 1. The summed E-state index contributed by atoms with van der Waals surface area (Å²) in [6.07, 6.45) is -1.12. The van der Waals surface area contributed by atoms with Crippen molar-refractivity contribution in [3.05, 3.63) is 64.6 Å². The van der Waals surface area contributed by atoms with E-state index in [-0.39, 0.29) is 18.6 Å². The van der Waals surface area contributed by atoms with E-state index in [1.807, 2.05) is 51.1 Å². The van der Waals surface area contributed by atoms with Crippen molar-refractivity contribution in [1.82, 2.24) is 5.32 Å². The van der Waals surface area contributed by atoms with Crippen LogP contribution in [0.2, 0.25) is 0 Å². The van der Waals surface area contributed by atoms with Gasteiger partial charge in [-0.3, -0.25) is 5.32 Å². The summed E-state index contributed by atoms with van der Waals surface area (Å²) in [6.45, 7) is 6.04. The van der Waals surface area contributed by atoms with Crippen LogP contribution in [0.4, 0.5) is 0 Å². The standard InChI is InChI=1S/C19H24N2O4/c1-19(2,3)20-17(22)11-14-9-10-16-15(21(14)23)12-24-18(25-16)13-7-5-4-6-8-13/h4-10,17-18,20,22H,11-12H2,1-3H3. The van der Waals surface area contributed by atoms with Gasteiger partial charge in [0.1, 0.15) is 12.8 Å². The minimum Gasteiger partial charge on any atom is -0.618 e. The Morgan fingerprint density at radius 3 is 2.64 bits per heavy atom. The van der Waals surface area contributed by atoms with Crippen molar-refractivity contribution in [3.63, 3.8) is 0 Å². The van der Waals surface area contributed by atoms with E-state index in [0.29, 0.717) is 17.1 Å². The molecule has 0 radical (unpaired) electrons. The summed E-state index contributed by atoms with van der Waals surface area (Å²) < 4.78 is 12.3. The van der Waals surface area contributed by atoms with Crippen molar-refractivity contribution in [1.29, 1.82) is 0 Å². The van der Waals surface area contributed by atoms with Crippen LogP contribution in [0, 0.1) is 5.21 Å². The average molecular weight is 344 g/mol. The summed E-state index contributed by atoms with van der Waals surface area (Å²) in [5.41, 5.74) is 1.55. The Labute approximate surface area is 147 Å². The molecule has 1 aliphatic rings. The van der Waals surface area contributed by atoms with Crippen molar-refractivity contribution in [3.8, 4) is 5.75 Å². The third-order valence-corrected chi connectivity index (χ3v) is 3.90. The number of ether oxygens (including phenoxy) is 2. The van der Waals surface area contributed by atoms with Crippen LogP contribution in [0.1, 0.15) is 44.0 Å². The molecule has 1 aromatic carbocycles. The highest BCUT2D eigenvalue weighted by Gasteiger charge is 2.29. The SMILES string of the molecule is CC(C)(C)NC(O)Cc1ccc2c([n+]1[O-])COC(c1ccccc1)O2. The van der Waals surface area contributed by atoms with E-state index in [0.717, 1.165) is 10.3 Å². The molecule has 6 nitrogen and oxygen atoms in total. The lowest BCUT2D eigenvalue weighted by Gasteiger charge is -2.27. The molecule has 0 fully saturated rings. The summed E-state index contributed by atoms with van der Waals surface area (Å²) >= 11 is 0. The second kappa shape index (κ2) is 7.00. The Balaban J connectivity index is 1.75. The van der Waals surface area contributed by atoms with E-state index < -0.39 is 12.5 Å². The molecule has 2 N–H and O–H groups in total. The number of rotatable bonds is 4. The van der Waals surface area contributed by atoms with Crippen molar-refractivity contribution in [2.75, 3.05) is 0 Å². The van der Waals surface area contributed by atoms with Crippen molar-refractivity contribution < 1.29 is 19.3 Å². The molecule has 2 atom stereocenters. The van der Waals surface area contributed by atoms with Crippen LogP contribution in [0.5, 0.6) is 5.75 Å². The number of hydrogen-bond acceptors (Lipinski definition) is 5. The summed E-state index contributed by atoms with van der Waals surface area (Å²) in [5, 5.41) is 25.8. The highest BCUT2D eigenvalue weighted by Crippen LogP contribution is 2.31. The molecule has 0 amide bonds. The van der Waals surface area contributed by atoms with Crippen LogP contribution in [0.25, 0.3) is 0 Å². The minimum absolute atomic E-state index is 0.162. The monoisotopic (exact) mass is 344 g/mol. The average Bonchev–Trinajstić information content (AvgIpc) is 2.56. The number of aliphatic hydroxyl groups excluding tert-OH is 1. The van der Waals surface area contributed by atoms with E-state index in [2.05, 4.69) is 5.32 Å². The van der Waals surface area contributed by atoms with E-state index in [9.17, 15) is 10.3 Å². The zero-order valence-electron chi connectivity index (χ0n) is 14.7. The predicted molar refractivity (Wildman–Crippen MR) is 92.6 cm³/mol. The molecule has 0 bridgehead atoms. The van der Waals surface area contributed by atoms with Gasteiger partial charge in [0, 0.05) is 17.2 Å². The van der Waals surface area contributed by atoms with Crippen LogP contribution >= 0.6 is 0 Å². The summed E-state index contributed by atoms with van der Waals surface area (Å²) in [5.74, 6) is 0.511. The number of aromatic nitrogens is 1. The molecular formula is C19H24N2O4. The van der Waals surface area contributed by atoms with Gasteiger partial charge in [0.25, 0.3) is 5.69 Å². The highest BCUT2D eigenvalue weighted by molar-refractivity contribution is 5.28. The fraction of sp³-hybridized carbons (Fsp3) is 0.421. The zero-order chi connectivity index (χ0) is 18.0. The quantitative estimate of drug-likeness (QED) is 0.505. The second-order valence-electron chi connectivity index (χ2n) is 7.22. The van der Waals surface area contributed by atoms with Gasteiger partial charge >= 0.3 is 0 Å². The Morgan fingerprint density at radius 2 is 1.96 bits per heavy atom. The van der Waals surface area contributed by atoms with Crippen LogP contribution in [-0.4, -0.2) is 16.9 Å². The molecular weight excluding hydrogens is 320 g/mol. The fourth-order valence-corrected chi connectivity index (χ4v) is 2.82. The first kappa shape index (κ1) is 17.7. The first-order valence-electron chi connectivity index (χ1n) is 8.37. The van der Waals surface area contributed by atoms with Crippen LogP contribution in [0.15, 0.2) is 42.5 Å². The molecule has 0 saturated carbocycles. The van der Waals surface area contributed by atoms with Gasteiger partial charge in [0.15, 0.2) is 11.4 Å². The Kier molecular flexibility index (Phi) is 4.94. The topological polar surface area (TPSA) is 77.7 Å². The molecule has 3 rings (SSSR count). The van der Waals surface area contributed by atoms with Crippen molar-refractivity contribution in [2.45, 2.75) is 51.9 Å². The minimum atomic E-state index is -0.805. The van der Waals surface area contributed by atoms with E-state index in [1.165, 1.54) is 0 Å². The Bertz CT molecular complexity index is 728. The van der Waals surface area contributed by atoms with Gasteiger partial charge < -0.3 is 19.8 Å². The zero-order valence-corrected chi connectivity index (χ0v) is 14.7. The van der Waals surface area contributed by atoms with Crippen LogP contribution in [0.3, 0.4) is 0 Å². The third kappa shape index (κ3) is 4.28. The fourth-order valence-electron chi connectivity index (χ4n) is 2.82. The maximum absolute atomic E-state index is 12.6. The Hall–Kier alpha value is -2.15. The molecule has 0 spiro atoms. The first-order valence-corrected chi connectivity index (χ1v) is 8.37. The third-order valence-electron chi connectivity index (χ3n) is 3.90. The van der Waals surface area contributed by atoms with Gasteiger partial charge in [-0.1, -0.05) is 30.3 Å². The van der Waals surface area contributed by atoms with Gasteiger partial charge in [-0.2, -0.15) is 4.73 Å². The first-order chi connectivity index (χ1) is 11.8. The van der Waals surface area contributed by atoms with Crippen LogP contribution < -0.4 is 14.8 Å². The molecule has 2 unspecified atom stereocenters. The number of hydrogen-bond donors (Lipinski definition) is 2. The van der Waals surface area contributed by atoms with Crippen LogP contribution in [-0.2, 0) is 17.8 Å². The number of benzene rings is 1. The number of fused-ring (bicyclic) bond motifs is 1. The summed E-state index contributed by atoms with van der Waals surface area (Å²) in [6, 6.07) is 13.0. The summed E-state index contributed by atoms with van der Waals surface area (Å²) in [4.78, 5) is 0. The molecule has 1 aliphatic heterocycles. The molecule has 6 heteroatoms. The number of pyridine rings is 1. The van der Waals surface area contributed by atoms with Gasteiger partial charge in [0.05, 0.1) is 6.42 Å². The largest absolute Gasteiger partial charge is 0.618 e. The molecule has 1 aromatic heterocycles. The van der Waals surface area contributed by atoms with E-state index in [4.69, 9.17) is 9.47 Å². The second-order valence-corrected chi connectivity index (χ2v) is 7.22. The molecule has 0 saturated heterocycles. The van der Waals surface area contributed by atoms with Gasteiger partial charge in [-0.25, -0.2) is 0 Å². The lowest BCUT2D eigenvalue weighted by atomic mass is 10.1. The van der Waals surface area contributed by atoms with Crippen molar-refractivity contribution >= 4 is 0 Å². The lowest BCUT2D eigenvalue weighted by Crippen LogP contribution is -2.47. The maximum Gasteiger partial charge on any atom is 0.261 e. The predicted octanol–water partition coefficient (Wildman–Crippen LogP) is 2.18.